The lowest BCUT2D eigenvalue weighted by molar-refractivity contribution is 0.0339. The summed E-state index contributed by atoms with van der Waals surface area (Å²) in [7, 11) is 1.98. The molecule has 0 radical (unpaired) electrons. The van der Waals surface area contributed by atoms with Crippen molar-refractivity contribution in [1.29, 1.82) is 5.41 Å². The molecule has 1 unspecified atom stereocenters. The van der Waals surface area contributed by atoms with Crippen LogP contribution in [-0.4, -0.2) is 42.6 Å². The molecule has 1 aliphatic heterocycles. The Hall–Kier alpha value is -0.610. The van der Waals surface area contributed by atoms with Crippen molar-refractivity contribution in [3.63, 3.8) is 0 Å². The molecular formula is C9H19N3O. The van der Waals surface area contributed by atoms with E-state index in [1.54, 1.807) is 0 Å². The summed E-state index contributed by atoms with van der Waals surface area (Å²) in [6, 6.07) is 0.402. The predicted molar refractivity (Wildman–Crippen MR) is 53.0 cm³/mol. The van der Waals surface area contributed by atoms with Gasteiger partial charge in [-0.05, 0) is 27.3 Å². The molecule has 1 atom stereocenters. The molecule has 1 heterocycles. The van der Waals surface area contributed by atoms with Crippen LogP contribution in [0.25, 0.3) is 0 Å². The third-order valence-corrected chi connectivity index (χ3v) is 2.44. The van der Waals surface area contributed by atoms with Crippen molar-refractivity contribution < 1.29 is 4.74 Å². The predicted octanol–water partition coefficient (Wildman–Crippen LogP) is 0.422. The van der Waals surface area contributed by atoms with E-state index in [1.165, 1.54) is 0 Å². The number of amidine groups is 1. The smallest absolute Gasteiger partial charge is 0.105 e. The molecule has 0 amide bonds. The largest absolute Gasteiger partial charge is 0.387 e. The molecule has 13 heavy (non-hydrogen) atoms. The highest BCUT2D eigenvalue weighted by molar-refractivity contribution is 5.78. The second kappa shape index (κ2) is 3.64. The molecule has 1 fully saturated rings. The van der Waals surface area contributed by atoms with Crippen LogP contribution in [0.3, 0.4) is 0 Å². The van der Waals surface area contributed by atoms with E-state index >= 15 is 0 Å². The summed E-state index contributed by atoms with van der Waals surface area (Å²) in [4.78, 5) is 2.08. The molecule has 0 aromatic heterocycles. The zero-order valence-corrected chi connectivity index (χ0v) is 8.63. The molecule has 1 saturated heterocycles. The van der Waals surface area contributed by atoms with Crippen LogP contribution in [0.5, 0.6) is 0 Å². The van der Waals surface area contributed by atoms with E-state index in [4.69, 9.17) is 15.9 Å². The maximum Gasteiger partial charge on any atom is 0.105 e. The number of nitrogens with one attached hydrogen (secondary N) is 1. The molecule has 0 bridgehead atoms. The Bertz CT molecular complexity index is 203. The van der Waals surface area contributed by atoms with E-state index in [0.29, 0.717) is 12.6 Å². The van der Waals surface area contributed by atoms with Gasteiger partial charge >= 0.3 is 0 Å². The highest BCUT2D eigenvalue weighted by Crippen LogP contribution is 2.26. The number of hydrogen-bond donors (Lipinski definition) is 2. The minimum atomic E-state index is -0.0181. The number of nitrogens with zero attached hydrogens (tertiary/aromatic N) is 1. The first kappa shape index (κ1) is 10.5. The first-order chi connectivity index (χ1) is 5.91. The van der Waals surface area contributed by atoms with E-state index in [-0.39, 0.29) is 11.4 Å². The summed E-state index contributed by atoms with van der Waals surface area (Å²) >= 11 is 0. The molecule has 1 aliphatic rings. The second-order valence-electron chi connectivity index (χ2n) is 4.37. The van der Waals surface area contributed by atoms with Crippen molar-refractivity contribution in [3.05, 3.63) is 0 Å². The van der Waals surface area contributed by atoms with Crippen molar-refractivity contribution in [3.8, 4) is 0 Å². The quantitative estimate of drug-likeness (QED) is 0.495. The van der Waals surface area contributed by atoms with Crippen LogP contribution in [0.15, 0.2) is 0 Å². The van der Waals surface area contributed by atoms with E-state index in [1.807, 2.05) is 7.05 Å². The van der Waals surface area contributed by atoms with Gasteiger partial charge in [-0.25, -0.2) is 0 Å². The summed E-state index contributed by atoms with van der Waals surface area (Å²) in [6.07, 6.45) is 1.01. The van der Waals surface area contributed by atoms with E-state index in [9.17, 15) is 0 Å². The summed E-state index contributed by atoms with van der Waals surface area (Å²) in [5, 5.41) is 7.18. The van der Waals surface area contributed by atoms with Crippen LogP contribution < -0.4 is 5.73 Å². The van der Waals surface area contributed by atoms with Crippen molar-refractivity contribution in [2.75, 3.05) is 20.2 Å². The van der Waals surface area contributed by atoms with Crippen molar-refractivity contribution in [2.24, 2.45) is 5.73 Å². The fourth-order valence-electron chi connectivity index (χ4n) is 1.69. The maximum atomic E-state index is 7.18. The molecule has 0 aromatic carbocycles. The van der Waals surface area contributed by atoms with Gasteiger partial charge in [0.05, 0.1) is 18.8 Å². The van der Waals surface area contributed by atoms with Gasteiger partial charge in [-0.3, -0.25) is 10.3 Å². The summed E-state index contributed by atoms with van der Waals surface area (Å²) in [5.41, 5.74) is 5.31. The van der Waals surface area contributed by atoms with Crippen molar-refractivity contribution in [1.82, 2.24) is 4.90 Å². The molecule has 0 aliphatic carbocycles. The Balaban J connectivity index is 2.42. The molecule has 0 aromatic rings. The Morgan fingerprint density at radius 3 is 2.69 bits per heavy atom. The average Bonchev–Trinajstić information content (AvgIpc) is 2.28. The van der Waals surface area contributed by atoms with Gasteiger partial charge in [0.2, 0.25) is 0 Å². The van der Waals surface area contributed by atoms with Crippen LogP contribution in [0.2, 0.25) is 0 Å². The number of nitrogens with two attached hydrogens (primary N) is 1. The van der Waals surface area contributed by atoms with Crippen LogP contribution in [0.4, 0.5) is 0 Å². The molecule has 76 valence electrons. The van der Waals surface area contributed by atoms with Gasteiger partial charge in [0, 0.05) is 6.04 Å². The number of ether oxygens (including phenoxy) is 1. The first-order valence-corrected chi connectivity index (χ1v) is 4.58. The summed E-state index contributed by atoms with van der Waals surface area (Å²) in [5.74, 6) is 0.215. The van der Waals surface area contributed by atoms with Gasteiger partial charge in [-0.1, -0.05) is 0 Å². The van der Waals surface area contributed by atoms with E-state index in [0.717, 1.165) is 13.0 Å². The van der Waals surface area contributed by atoms with Crippen LogP contribution in [0, 0.1) is 5.41 Å². The van der Waals surface area contributed by atoms with E-state index < -0.39 is 0 Å². The normalized spacial score (nSPS) is 26.6. The Morgan fingerprint density at radius 1 is 1.69 bits per heavy atom. The second-order valence-corrected chi connectivity index (χ2v) is 4.37. The lowest BCUT2D eigenvalue weighted by Gasteiger charge is -2.23. The molecule has 4 nitrogen and oxygen atoms in total. The number of rotatable bonds is 3. The third kappa shape index (κ3) is 2.97. The monoisotopic (exact) mass is 185 g/mol. The lowest BCUT2D eigenvalue weighted by Crippen LogP contribution is -2.38. The fraction of sp³-hybridized carbons (Fsp3) is 0.889. The Morgan fingerprint density at radius 2 is 2.31 bits per heavy atom. The standard InChI is InChI=1S/C9H19N3O/c1-9(2)4-7(6-13-9)12(3)5-8(10)11/h7H,4-6H2,1-3H3,(H3,10,11). The van der Waals surface area contributed by atoms with Gasteiger partial charge in [-0.15, -0.1) is 0 Å². The molecule has 1 rings (SSSR count). The van der Waals surface area contributed by atoms with Gasteiger partial charge in [0.25, 0.3) is 0 Å². The number of likely N-dealkylation sites (N-methyl/N-ethyl adjacent to an activating group) is 1. The van der Waals surface area contributed by atoms with E-state index in [2.05, 4.69) is 18.7 Å². The number of hydrogen-bond acceptors (Lipinski definition) is 3. The Labute approximate surface area is 79.6 Å². The molecule has 4 heteroatoms. The highest BCUT2D eigenvalue weighted by atomic mass is 16.5. The van der Waals surface area contributed by atoms with Gasteiger partial charge < -0.3 is 10.5 Å². The highest BCUT2D eigenvalue weighted by Gasteiger charge is 2.33. The van der Waals surface area contributed by atoms with Gasteiger partial charge in [0.15, 0.2) is 0 Å². The van der Waals surface area contributed by atoms with Gasteiger partial charge in [0.1, 0.15) is 5.84 Å². The first-order valence-electron chi connectivity index (χ1n) is 4.58. The molecular weight excluding hydrogens is 166 g/mol. The molecule has 3 N–H and O–H groups in total. The average molecular weight is 185 g/mol. The van der Waals surface area contributed by atoms with Crippen molar-refractivity contribution >= 4 is 5.84 Å². The topological polar surface area (TPSA) is 62.3 Å². The Kier molecular flexibility index (Phi) is 2.93. The zero-order valence-electron chi connectivity index (χ0n) is 8.63. The van der Waals surface area contributed by atoms with Crippen LogP contribution in [0.1, 0.15) is 20.3 Å². The third-order valence-electron chi connectivity index (χ3n) is 2.44. The zero-order chi connectivity index (χ0) is 10.1. The fourth-order valence-corrected chi connectivity index (χ4v) is 1.69. The van der Waals surface area contributed by atoms with Crippen LogP contribution in [-0.2, 0) is 4.74 Å². The minimum Gasteiger partial charge on any atom is -0.387 e. The minimum absolute atomic E-state index is 0.0181. The van der Waals surface area contributed by atoms with Gasteiger partial charge in [-0.2, -0.15) is 0 Å². The SMILES string of the molecule is CN(CC(=N)N)C1COC(C)(C)C1. The maximum absolute atomic E-state index is 7.18. The lowest BCUT2D eigenvalue weighted by atomic mass is 10.0. The van der Waals surface area contributed by atoms with Crippen molar-refractivity contribution in [2.45, 2.75) is 31.9 Å². The molecule has 0 spiro atoms. The summed E-state index contributed by atoms with van der Waals surface area (Å²) in [6.45, 7) is 5.46. The molecule has 0 saturated carbocycles. The van der Waals surface area contributed by atoms with Crippen LogP contribution >= 0.6 is 0 Å². The summed E-state index contributed by atoms with van der Waals surface area (Å²) < 4.78 is 5.60.